The third-order valence-electron chi connectivity index (χ3n) is 3.26. The third kappa shape index (κ3) is 3.33. The van der Waals surface area contributed by atoms with Crippen LogP contribution in [0.1, 0.15) is 12.5 Å². The van der Waals surface area contributed by atoms with Gasteiger partial charge in [-0.15, -0.1) is 0 Å². The van der Waals surface area contributed by atoms with Gasteiger partial charge in [-0.3, -0.25) is 10.1 Å². The fourth-order valence-corrected chi connectivity index (χ4v) is 5.47. The number of rotatable bonds is 3. The van der Waals surface area contributed by atoms with Crippen LogP contribution in [0, 0.1) is 17.0 Å². The fourth-order valence-electron chi connectivity index (χ4n) is 2.20. The Kier molecular flexibility index (Phi) is 4.82. The lowest BCUT2D eigenvalue weighted by Gasteiger charge is -2.30. The molecule has 1 unspecified atom stereocenters. The van der Waals surface area contributed by atoms with Gasteiger partial charge in [0, 0.05) is 30.2 Å². The first-order chi connectivity index (χ1) is 9.73. The van der Waals surface area contributed by atoms with E-state index < -0.39 is 14.9 Å². The number of thioether (sulfide) groups is 1. The lowest BCUT2D eigenvalue weighted by Crippen LogP contribution is -2.41. The van der Waals surface area contributed by atoms with E-state index in [4.69, 9.17) is 11.6 Å². The Labute approximate surface area is 132 Å². The van der Waals surface area contributed by atoms with Crippen molar-refractivity contribution in [2.24, 2.45) is 0 Å². The van der Waals surface area contributed by atoms with Crippen LogP contribution in [0.25, 0.3) is 0 Å². The van der Waals surface area contributed by atoms with Crippen molar-refractivity contribution in [3.8, 4) is 0 Å². The molecule has 9 heteroatoms. The molecule has 1 aromatic carbocycles. The molecule has 1 fully saturated rings. The number of hydrogen-bond acceptors (Lipinski definition) is 5. The monoisotopic (exact) mass is 350 g/mol. The van der Waals surface area contributed by atoms with Crippen LogP contribution < -0.4 is 0 Å². The zero-order valence-electron chi connectivity index (χ0n) is 11.6. The predicted molar refractivity (Wildman–Crippen MR) is 83.5 cm³/mol. The first kappa shape index (κ1) is 16.5. The summed E-state index contributed by atoms with van der Waals surface area (Å²) in [7, 11) is -3.74. The molecule has 116 valence electrons. The molecule has 1 aliphatic heterocycles. The first-order valence-electron chi connectivity index (χ1n) is 6.29. The number of halogens is 1. The van der Waals surface area contributed by atoms with Gasteiger partial charge in [-0.2, -0.15) is 16.1 Å². The van der Waals surface area contributed by atoms with Gasteiger partial charge in [0.25, 0.3) is 5.69 Å². The Morgan fingerprint density at radius 3 is 2.71 bits per heavy atom. The van der Waals surface area contributed by atoms with Gasteiger partial charge in [0.1, 0.15) is 5.02 Å². The molecule has 0 aliphatic carbocycles. The van der Waals surface area contributed by atoms with E-state index in [0.29, 0.717) is 18.7 Å². The summed E-state index contributed by atoms with van der Waals surface area (Å²) >= 11 is 7.51. The van der Waals surface area contributed by atoms with Crippen molar-refractivity contribution in [2.75, 3.05) is 18.8 Å². The molecule has 0 aromatic heterocycles. The molecule has 0 bridgehead atoms. The van der Waals surface area contributed by atoms with E-state index in [2.05, 4.69) is 0 Å². The number of nitrogens with zero attached hydrogens (tertiary/aromatic N) is 2. The quantitative estimate of drug-likeness (QED) is 0.618. The van der Waals surface area contributed by atoms with Crippen LogP contribution in [-0.2, 0) is 10.0 Å². The van der Waals surface area contributed by atoms with Crippen molar-refractivity contribution in [2.45, 2.75) is 24.0 Å². The van der Waals surface area contributed by atoms with Crippen LogP contribution in [0.15, 0.2) is 17.0 Å². The molecule has 0 N–H and O–H groups in total. The molecular formula is C12H15ClN2O4S2. The highest BCUT2D eigenvalue weighted by atomic mass is 35.5. The highest BCUT2D eigenvalue weighted by Gasteiger charge is 2.32. The van der Waals surface area contributed by atoms with Crippen molar-refractivity contribution in [3.63, 3.8) is 0 Å². The summed E-state index contributed by atoms with van der Waals surface area (Å²) < 4.78 is 26.8. The molecule has 6 nitrogen and oxygen atoms in total. The summed E-state index contributed by atoms with van der Waals surface area (Å²) in [5.41, 5.74) is 0.0248. The van der Waals surface area contributed by atoms with Crippen molar-refractivity contribution in [1.29, 1.82) is 0 Å². The number of hydrogen-bond donors (Lipinski definition) is 0. The molecule has 1 heterocycles. The van der Waals surface area contributed by atoms with E-state index in [-0.39, 0.29) is 20.9 Å². The molecule has 2 rings (SSSR count). The third-order valence-corrected chi connectivity index (χ3v) is 6.71. The number of sulfonamides is 1. The van der Waals surface area contributed by atoms with E-state index in [9.17, 15) is 18.5 Å². The van der Waals surface area contributed by atoms with Gasteiger partial charge in [-0.05, 0) is 18.6 Å². The average Bonchev–Trinajstić information content (AvgIpc) is 2.37. The molecule has 0 spiro atoms. The lowest BCUT2D eigenvalue weighted by atomic mass is 10.2. The molecule has 0 saturated carbocycles. The number of nitro groups is 1. The summed E-state index contributed by atoms with van der Waals surface area (Å²) in [6.45, 7) is 4.37. The maximum atomic E-state index is 12.7. The Morgan fingerprint density at radius 1 is 1.48 bits per heavy atom. The summed E-state index contributed by atoms with van der Waals surface area (Å²) in [5, 5.41) is 11.1. The van der Waals surface area contributed by atoms with E-state index in [0.717, 1.165) is 11.8 Å². The second-order valence-corrected chi connectivity index (χ2v) is 8.73. The zero-order chi connectivity index (χ0) is 15.8. The van der Waals surface area contributed by atoms with E-state index in [1.54, 1.807) is 18.7 Å². The van der Waals surface area contributed by atoms with Gasteiger partial charge < -0.3 is 0 Å². The molecule has 1 aromatic rings. The van der Waals surface area contributed by atoms with Crippen LogP contribution >= 0.6 is 23.4 Å². The second kappa shape index (κ2) is 6.12. The minimum atomic E-state index is -3.74. The molecule has 1 saturated heterocycles. The van der Waals surface area contributed by atoms with Crippen LogP contribution in [-0.4, -0.2) is 41.7 Å². The van der Waals surface area contributed by atoms with Crippen LogP contribution in [0.2, 0.25) is 5.02 Å². The molecule has 0 amide bonds. The molecule has 0 radical (unpaired) electrons. The van der Waals surface area contributed by atoms with Gasteiger partial charge >= 0.3 is 0 Å². The maximum Gasteiger partial charge on any atom is 0.289 e. The summed E-state index contributed by atoms with van der Waals surface area (Å²) in [4.78, 5) is 10.2. The minimum Gasteiger partial charge on any atom is -0.258 e. The average molecular weight is 351 g/mol. The SMILES string of the molecule is Cc1cc(Cl)c([N+](=O)[O-])cc1S(=O)(=O)N1CCSC(C)C1. The number of aryl methyl sites for hydroxylation is 1. The Hall–Kier alpha value is -0.830. The predicted octanol–water partition coefficient (Wildman–Crippen LogP) is 2.68. The van der Waals surface area contributed by atoms with Crippen molar-refractivity contribution in [3.05, 3.63) is 32.8 Å². The number of benzene rings is 1. The Bertz CT molecular complexity index is 678. The van der Waals surface area contributed by atoms with Gasteiger partial charge in [0.05, 0.1) is 9.82 Å². The standard InChI is InChI=1S/C12H15ClN2O4S2/c1-8-5-10(13)11(15(16)17)6-12(8)21(18,19)14-3-4-20-9(2)7-14/h5-6,9H,3-4,7H2,1-2H3. The topological polar surface area (TPSA) is 80.5 Å². The van der Waals surface area contributed by atoms with Gasteiger partial charge in [0.2, 0.25) is 10.0 Å². The molecular weight excluding hydrogens is 336 g/mol. The Balaban J connectivity index is 2.49. The van der Waals surface area contributed by atoms with Crippen molar-refractivity contribution in [1.82, 2.24) is 4.31 Å². The fraction of sp³-hybridized carbons (Fsp3) is 0.500. The molecule has 1 atom stereocenters. The van der Waals surface area contributed by atoms with Crippen LogP contribution in [0.3, 0.4) is 0 Å². The van der Waals surface area contributed by atoms with Gasteiger partial charge in [0.15, 0.2) is 0 Å². The minimum absolute atomic E-state index is 0.0438. The van der Waals surface area contributed by atoms with Crippen molar-refractivity contribution >= 4 is 39.1 Å². The smallest absolute Gasteiger partial charge is 0.258 e. The highest BCUT2D eigenvalue weighted by molar-refractivity contribution is 8.00. The van der Waals surface area contributed by atoms with E-state index >= 15 is 0 Å². The summed E-state index contributed by atoms with van der Waals surface area (Å²) in [6, 6.07) is 2.38. The highest BCUT2D eigenvalue weighted by Crippen LogP contribution is 2.32. The lowest BCUT2D eigenvalue weighted by molar-refractivity contribution is -0.384. The summed E-state index contributed by atoms with van der Waals surface area (Å²) in [6.07, 6.45) is 0. The van der Waals surface area contributed by atoms with Crippen LogP contribution in [0.5, 0.6) is 0 Å². The van der Waals surface area contributed by atoms with Gasteiger partial charge in [-0.25, -0.2) is 8.42 Å². The molecule has 1 aliphatic rings. The normalized spacial score (nSPS) is 20.4. The van der Waals surface area contributed by atoms with E-state index in [1.807, 2.05) is 6.92 Å². The van der Waals surface area contributed by atoms with Gasteiger partial charge in [-0.1, -0.05) is 18.5 Å². The van der Waals surface area contributed by atoms with E-state index in [1.165, 1.54) is 10.4 Å². The zero-order valence-corrected chi connectivity index (χ0v) is 14.0. The largest absolute Gasteiger partial charge is 0.289 e. The summed E-state index contributed by atoms with van der Waals surface area (Å²) in [5.74, 6) is 0.717. The second-order valence-electron chi connectivity index (χ2n) is 4.87. The molecule has 21 heavy (non-hydrogen) atoms. The van der Waals surface area contributed by atoms with Crippen molar-refractivity contribution < 1.29 is 13.3 Å². The maximum absolute atomic E-state index is 12.7. The van der Waals surface area contributed by atoms with Crippen LogP contribution in [0.4, 0.5) is 5.69 Å². The first-order valence-corrected chi connectivity index (χ1v) is 9.16. The number of nitro benzene ring substituents is 1. The Morgan fingerprint density at radius 2 is 2.14 bits per heavy atom.